The maximum Gasteiger partial charge on any atom is 0.224 e. The van der Waals surface area contributed by atoms with Crippen LogP contribution in [0.15, 0.2) is 0 Å². The monoisotopic (exact) mass is 230 g/mol. The van der Waals surface area contributed by atoms with Gasteiger partial charge >= 0.3 is 0 Å². The Balaban J connectivity index is 2.14. The van der Waals surface area contributed by atoms with Gasteiger partial charge in [-0.05, 0) is 25.6 Å². The second kappa shape index (κ2) is 7.12. The van der Waals surface area contributed by atoms with Gasteiger partial charge in [-0.2, -0.15) is 11.8 Å². The topological polar surface area (TPSA) is 41.1 Å². The summed E-state index contributed by atoms with van der Waals surface area (Å²) >= 11 is 2.00. The number of hydrogen-bond donors (Lipinski definition) is 2. The van der Waals surface area contributed by atoms with Gasteiger partial charge in [0.2, 0.25) is 5.91 Å². The zero-order valence-electron chi connectivity index (χ0n) is 9.71. The fourth-order valence-corrected chi connectivity index (χ4v) is 2.99. The molecule has 2 atom stereocenters. The Hall–Kier alpha value is -0.220. The van der Waals surface area contributed by atoms with Crippen molar-refractivity contribution in [2.75, 3.05) is 25.9 Å². The van der Waals surface area contributed by atoms with Gasteiger partial charge in [0.15, 0.2) is 0 Å². The van der Waals surface area contributed by atoms with Crippen LogP contribution in [0.3, 0.4) is 0 Å². The standard InChI is InChI=1S/C11H22N2OS/c1-9(7-12-2)11(14)13-8-10-5-3-4-6-15-10/h9-10,12H,3-8H2,1-2H3,(H,13,14). The summed E-state index contributed by atoms with van der Waals surface area (Å²) < 4.78 is 0. The third kappa shape index (κ3) is 4.89. The summed E-state index contributed by atoms with van der Waals surface area (Å²) in [5, 5.41) is 6.70. The van der Waals surface area contributed by atoms with Crippen molar-refractivity contribution in [3.05, 3.63) is 0 Å². The SMILES string of the molecule is CNCC(C)C(=O)NCC1CCCCS1. The van der Waals surface area contributed by atoms with Crippen molar-refractivity contribution in [1.82, 2.24) is 10.6 Å². The number of hydrogen-bond acceptors (Lipinski definition) is 3. The molecule has 0 aromatic heterocycles. The normalized spacial score (nSPS) is 23.5. The van der Waals surface area contributed by atoms with E-state index in [9.17, 15) is 4.79 Å². The Morgan fingerprint density at radius 1 is 1.53 bits per heavy atom. The minimum atomic E-state index is 0.0728. The average molecular weight is 230 g/mol. The molecule has 4 heteroatoms. The number of thioether (sulfide) groups is 1. The molecule has 15 heavy (non-hydrogen) atoms. The van der Waals surface area contributed by atoms with Gasteiger partial charge in [0.05, 0.1) is 0 Å². The summed E-state index contributed by atoms with van der Waals surface area (Å²) in [6.45, 7) is 3.56. The molecule has 3 nitrogen and oxygen atoms in total. The first kappa shape index (κ1) is 12.8. The van der Waals surface area contributed by atoms with Crippen LogP contribution in [0.1, 0.15) is 26.2 Å². The highest BCUT2D eigenvalue weighted by Crippen LogP contribution is 2.24. The molecule has 2 unspecified atom stereocenters. The van der Waals surface area contributed by atoms with Crippen molar-refractivity contribution < 1.29 is 4.79 Å². The maximum atomic E-state index is 11.6. The molecule has 1 rings (SSSR count). The Morgan fingerprint density at radius 3 is 2.93 bits per heavy atom. The first-order valence-electron chi connectivity index (χ1n) is 5.78. The fraction of sp³-hybridized carbons (Fsp3) is 0.909. The van der Waals surface area contributed by atoms with Crippen molar-refractivity contribution in [1.29, 1.82) is 0 Å². The van der Waals surface area contributed by atoms with E-state index in [2.05, 4.69) is 10.6 Å². The predicted molar refractivity (Wildman–Crippen MR) is 66.2 cm³/mol. The van der Waals surface area contributed by atoms with E-state index in [1.807, 2.05) is 25.7 Å². The molecule has 0 aliphatic carbocycles. The van der Waals surface area contributed by atoms with Crippen LogP contribution in [-0.4, -0.2) is 37.0 Å². The third-order valence-corrected chi connectivity index (χ3v) is 4.13. The molecule has 1 heterocycles. The Kier molecular flexibility index (Phi) is 6.10. The number of nitrogens with one attached hydrogen (secondary N) is 2. The molecule has 1 saturated heterocycles. The summed E-state index contributed by atoms with van der Waals surface area (Å²) in [6.07, 6.45) is 3.91. The second-order valence-electron chi connectivity index (χ2n) is 4.19. The van der Waals surface area contributed by atoms with E-state index in [4.69, 9.17) is 0 Å². The Bertz CT molecular complexity index is 193. The zero-order valence-corrected chi connectivity index (χ0v) is 10.5. The summed E-state index contributed by atoms with van der Waals surface area (Å²) in [5.74, 6) is 1.51. The van der Waals surface area contributed by atoms with Gasteiger partial charge in [0.1, 0.15) is 0 Å². The molecule has 1 aliphatic rings. The first-order valence-corrected chi connectivity index (χ1v) is 6.83. The Morgan fingerprint density at radius 2 is 2.33 bits per heavy atom. The van der Waals surface area contributed by atoms with Crippen molar-refractivity contribution in [3.63, 3.8) is 0 Å². The van der Waals surface area contributed by atoms with Gasteiger partial charge < -0.3 is 10.6 Å². The van der Waals surface area contributed by atoms with Crippen LogP contribution in [-0.2, 0) is 4.79 Å². The molecular formula is C11H22N2OS. The summed E-state index contributed by atoms with van der Waals surface area (Å²) in [4.78, 5) is 11.6. The van der Waals surface area contributed by atoms with Crippen molar-refractivity contribution in [2.45, 2.75) is 31.4 Å². The van der Waals surface area contributed by atoms with E-state index >= 15 is 0 Å². The molecule has 88 valence electrons. The molecule has 0 radical (unpaired) electrons. The quantitative estimate of drug-likeness (QED) is 0.747. The van der Waals surface area contributed by atoms with E-state index < -0.39 is 0 Å². The molecule has 2 N–H and O–H groups in total. The van der Waals surface area contributed by atoms with Gasteiger partial charge in [-0.15, -0.1) is 0 Å². The summed E-state index contributed by atoms with van der Waals surface area (Å²) in [6, 6.07) is 0. The molecule has 0 saturated carbocycles. The van der Waals surface area contributed by atoms with Crippen LogP contribution in [0.25, 0.3) is 0 Å². The molecule has 0 aromatic rings. The van der Waals surface area contributed by atoms with E-state index in [1.54, 1.807) is 0 Å². The first-order chi connectivity index (χ1) is 7.24. The molecule has 0 bridgehead atoms. The van der Waals surface area contributed by atoms with Crippen LogP contribution < -0.4 is 10.6 Å². The molecular weight excluding hydrogens is 208 g/mol. The largest absolute Gasteiger partial charge is 0.355 e. The van der Waals surface area contributed by atoms with Gasteiger partial charge in [0, 0.05) is 24.3 Å². The van der Waals surface area contributed by atoms with E-state index in [1.165, 1.54) is 25.0 Å². The molecule has 0 spiro atoms. The smallest absolute Gasteiger partial charge is 0.224 e. The van der Waals surface area contributed by atoms with Crippen LogP contribution >= 0.6 is 11.8 Å². The number of amides is 1. The predicted octanol–water partition coefficient (Wildman–Crippen LogP) is 1.24. The van der Waals surface area contributed by atoms with Crippen molar-refractivity contribution in [2.24, 2.45) is 5.92 Å². The number of carbonyl (C=O) groups is 1. The van der Waals surface area contributed by atoms with Crippen LogP contribution in [0.5, 0.6) is 0 Å². The number of rotatable bonds is 5. The van der Waals surface area contributed by atoms with Crippen LogP contribution in [0.2, 0.25) is 0 Å². The van der Waals surface area contributed by atoms with Crippen LogP contribution in [0.4, 0.5) is 0 Å². The second-order valence-corrected chi connectivity index (χ2v) is 5.60. The van der Waals surface area contributed by atoms with E-state index in [-0.39, 0.29) is 11.8 Å². The highest BCUT2D eigenvalue weighted by molar-refractivity contribution is 7.99. The lowest BCUT2D eigenvalue weighted by molar-refractivity contribution is -0.124. The number of carbonyl (C=O) groups excluding carboxylic acids is 1. The Labute approximate surface area is 96.8 Å². The summed E-state index contributed by atoms with van der Waals surface area (Å²) in [5.41, 5.74) is 0. The minimum absolute atomic E-state index is 0.0728. The van der Waals surface area contributed by atoms with Crippen molar-refractivity contribution >= 4 is 17.7 Å². The van der Waals surface area contributed by atoms with Gasteiger partial charge in [-0.25, -0.2) is 0 Å². The lowest BCUT2D eigenvalue weighted by atomic mass is 10.1. The van der Waals surface area contributed by atoms with E-state index in [0.717, 1.165) is 13.1 Å². The van der Waals surface area contributed by atoms with Crippen LogP contribution in [0, 0.1) is 5.92 Å². The molecule has 1 fully saturated rings. The lowest BCUT2D eigenvalue weighted by Gasteiger charge is -2.22. The lowest BCUT2D eigenvalue weighted by Crippen LogP contribution is -2.38. The highest BCUT2D eigenvalue weighted by Gasteiger charge is 2.16. The summed E-state index contributed by atoms with van der Waals surface area (Å²) in [7, 11) is 1.88. The molecule has 1 aliphatic heterocycles. The van der Waals surface area contributed by atoms with Gasteiger partial charge in [-0.1, -0.05) is 13.3 Å². The average Bonchev–Trinajstić information content (AvgIpc) is 2.27. The molecule has 0 aromatic carbocycles. The zero-order chi connectivity index (χ0) is 11.1. The van der Waals surface area contributed by atoms with E-state index in [0.29, 0.717) is 5.25 Å². The minimum Gasteiger partial charge on any atom is -0.355 e. The maximum absolute atomic E-state index is 11.6. The molecule has 1 amide bonds. The third-order valence-electron chi connectivity index (χ3n) is 2.74. The van der Waals surface area contributed by atoms with Gasteiger partial charge in [0.25, 0.3) is 0 Å². The van der Waals surface area contributed by atoms with Crippen molar-refractivity contribution in [3.8, 4) is 0 Å². The fourth-order valence-electron chi connectivity index (χ4n) is 1.76. The van der Waals surface area contributed by atoms with Gasteiger partial charge in [-0.3, -0.25) is 4.79 Å². The highest BCUT2D eigenvalue weighted by atomic mass is 32.2.